The second kappa shape index (κ2) is 8.23. The molecule has 1 aromatic rings. The van der Waals surface area contributed by atoms with Crippen LogP contribution in [0.25, 0.3) is 0 Å². The quantitative estimate of drug-likeness (QED) is 0.549. The zero-order chi connectivity index (χ0) is 13.2. The van der Waals surface area contributed by atoms with Crippen LogP contribution in [0, 0.1) is 0 Å². The first-order valence-corrected chi connectivity index (χ1v) is 6.00. The van der Waals surface area contributed by atoms with Gasteiger partial charge in [0.2, 0.25) is 0 Å². The van der Waals surface area contributed by atoms with Crippen LogP contribution in [0.2, 0.25) is 0 Å². The standard InChI is InChI=1S/C15H18O3/c1-18-15(17)12-11-14(16)10-6-5-9-13-7-3-2-4-8-13/h2-8H,9-12H2,1H3/b6-5+. The van der Waals surface area contributed by atoms with E-state index in [4.69, 9.17) is 0 Å². The zero-order valence-electron chi connectivity index (χ0n) is 10.6. The maximum atomic E-state index is 11.4. The lowest BCUT2D eigenvalue weighted by molar-refractivity contribution is -0.141. The van der Waals surface area contributed by atoms with Gasteiger partial charge in [0.1, 0.15) is 5.78 Å². The molecule has 0 fully saturated rings. The normalized spacial score (nSPS) is 10.5. The predicted octanol–water partition coefficient (Wildman–Crippen LogP) is 2.70. The Balaban J connectivity index is 2.20. The van der Waals surface area contributed by atoms with E-state index in [-0.39, 0.29) is 24.6 Å². The molecule has 0 aliphatic heterocycles. The Labute approximate surface area is 107 Å². The summed E-state index contributed by atoms with van der Waals surface area (Å²) in [7, 11) is 1.33. The van der Waals surface area contributed by atoms with Crippen molar-refractivity contribution in [3.63, 3.8) is 0 Å². The molecule has 0 bridgehead atoms. The van der Waals surface area contributed by atoms with Gasteiger partial charge in [-0.1, -0.05) is 42.5 Å². The fourth-order valence-corrected chi connectivity index (χ4v) is 1.49. The number of carbonyl (C=O) groups excluding carboxylic acids is 2. The van der Waals surface area contributed by atoms with Gasteiger partial charge in [-0.25, -0.2) is 0 Å². The van der Waals surface area contributed by atoms with Crippen molar-refractivity contribution in [2.45, 2.75) is 25.7 Å². The summed E-state index contributed by atoms with van der Waals surface area (Å²) in [6.07, 6.45) is 5.46. The van der Waals surface area contributed by atoms with Crippen LogP contribution in [0.4, 0.5) is 0 Å². The number of carbonyl (C=O) groups is 2. The lowest BCUT2D eigenvalue weighted by atomic mass is 10.1. The molecule has 0 spiro atoms. The number of methoxy groups -OCH3 is 1. The largest absolute Gasteiger partial charge is 0.469 e. The highest BCUT2D eigenvalue weighted by Gasteiger charge is 2.04. The number of rotatable bonds is 7. The van der Waals surface area contributed by atoms with Crippen LogP contribution < -0.4 is 0 Å². The first-order chi connectivity index (χ1) is 8.72. The molecule has 3 nitrogen and oxygen atoms in total. The molecule has 3 heteroatoms. The van der Waals surface area contributed by atoms with E-state index in [9.17, 15) is 9.59 Å². The molecular formula is C15H18O3. The van der Waals surface area contributed by atoms with Gasteiger partial charge in [0, 0.05) is 12.8 Å². The van der Waals surface area contributed by atoms with Gasteiger partial charge in [-0.05, 0) is 12.0 Å². The lowest BCUT2D eigenvalue weighted by Crippen LogP contribution is -2.04. The summed E-state index contributed by atoms with van der Waals surface area (Å²) < 4.78 is 4.47. The van der Waals surface area contributed by atoms with Gasteiger partial charge >= 0.3 is 5.97 Å². The summed E-state index contributed by atoms with van der Waals surface area (Å²) in [6, 6.07) is 10.0. The Hall–Kier alpha value is -1.90. The number of hydrogen-bond acceptors (Lipinski definition) is 3. The van der Waals surface area contributed by atoms with Crippen LogP contribution in [0.5, 0.6) is 0 Å². The van der Waals surface area contributed by atoms with Gasteiger partial charge in [-0.3, -0.25) is 9.59 Å². The van der Waals surface area contributed by atoms with E-state index in [0.29, 0.717) is 6.42 Å². The van der Waals surface area contributed by atoms with Crippen LogP contribution in [-0.2, 0) is 20.7 Å². The third-order valence-corrected chi connectivity index (χ3v) is 2.54. The molecule has 0 aromatic heterocycles. The molecular weight excluding hydrogens is 228 g/mol. The topological polar surface area (TPSA) is 43.4 Å². The number of esters is 1. The Morgan fingerprint density at radius 2 is 1.83 bits per heavy atom. The summed E-state index contributed by atoms with van der Waals surface area (Å²) >= 11 is 0. The molecule has 1 rings (SSSR count). The maximum Gasteiger partial charge on any atom is 0.305 e. The minimum Gasteiger partial charge on any atom is -0.469 e. The van der Waals surface area contributed by atoms with Gasteiger partial charge in [0.05, 0.1) is 13.5 Å². The second-order valence-corrected chi connectivity index (χ2v) is 3.98. The van der Waals surface area contributed by atoms with E-state index in [1.165, 1.54) is 12.7 Å². The van der Waals surface area contributed by atoms with Crippen molar-refractivity contribution >= 4 is 11.8 Å². The van der Waals surface area contributed by atoms with Crippen molar-refractivity contribution in [2.75, 3.05) is 7.11 Å². The maximum absolute atomic E-state index is 11.4. The molecule has 0 saturated heterocycles. The van der Waals surface area contributed by atoms with Gasteiger partial charge in [0.25, 0.3) is 0 Å². The molecule has 0 aliphatic rings. The highest BCUT2D eigenvalue weighted by Crippen LogP contribution is 2.02. The van der Waals surface area contributed by atoms with E-state index in [1.54, 1.807) is 0 Å². The number of hydrogen-bond donors (Lipinski definition) is 0. The minimum absolute atomic E-state index is 0.0599. The molecule has 0 unspecified atom stereocenters. The van der Waals surface area contributed by atoms with Crippen molar-refractivity contribution in [2.24, 2.45) is 0 Å². The van der Waals surface area contributed by atoms with Crippen LogP contribution in [0.3, 0.4) is 0 Å². The smallest absolute Gasteiger partial charge is 0.305 e. The van der Waals surface area contributed by atoms with Crippen molar-refractivity contribution in [1.29, 1.82) is 0 Å². The highest BCUT2D eigenvalue weighted by molar-refractivity contribution is 5.83. The number of ketones is 1. The third kappa shape index (κ3) is 5.99. The number of ether oxygens (including phenoxy) is 1. The van der Waals surface area contributed by atoms with Crippen LogP contribution >= 0.6 is 0 Å². The van der Waals surface area contributed by atoms with Gasteiger partial charge < -0.3 is 4.74 Å². The zero-order valence-corrected chi connectivity index (χ0v) is 10.6. The van der Waals surface area contributed by atoms with Crippen LogP contribution in [0.15, 0.2) is 42.5 Å². The monoisotopic (exact) mass is 246 g/mol. The Morgan fingerprint density at radius 1 is 1.11 bits per heavy atom. The summed E-state index contributed by atoms with van der Waals surface area (Å²) in [6.45, 7) is 0. The van der Waals surface area contributed by atoms with Gasteiger partial charge in [0.15, 0.2) is 0 Å². The summed E-state index contributed by atoms with van der Waals surface area (Å²) in [4.78, 5) is 22.3. The molecule has 0 saturated carbocycles. The summed E-state index contributed by atoms with van der Waals surface area (Å²) in [5, 5.41) is 0. The molecule has 18 heavy (non-hydrogen) atoms. The van der Waals surface area contributed by atoms with E-state index >= 15 is 0 Å². The van der Waals surface area contributed by atoms with Gasteiger partial charge in [-0.2, -0.15) is 0 Å². The molecule has 0 aliphatic carbocycles. The number of allylic oxidation sites excluding steroid dienone is 2. The highest BCUT2D eigenvalue weighted by atomic mass is 16.5. The van der Waals surface area contributed by atoms with Crippen LogP contribution in [-0.4, -0.2) is 18.9 Å². The fourth-order valence-electron chi connectivity index (χ4n) is 1.49. The minimum atomic E-state index is -0.336. The molecule has 96 valence electrons. The summed E-state index contributed by atoms with van der Waals surface area (Å²) in [5.41, 5.74) is 1.22. The Bertz CT molecular complexity index is 407. The fraction of sp³-hybridized carbons (Fsp3) is 0.333. The first-order valence-electron chi connectivity index (χ1n) is 6.00. The van der Waals surface area contributed by atoms with E-state index in [2.05, 4.69) is 4.74 Å². The SMILES string of the molecule is COC(=O)CCC(=O)C/C=C/Cc1ccccc1. The van der Waals surface area contributed by atoms with Crippen molar-refractivity contribution in [1.82, 2.24) is 0 Å². The van der Waals surface area contributed by atoms with E-state index in [0.717, 1.165) is 6.42 Å². The number of benzene rings is 1. The molecule has 0 amide bonds. The second-order valence-electron chi connectivity index (χ2n) is 3.98. The average molecular weight is 246 g/mol. The Morgan fingerprint density at radius 3 is 2.50 bits per heavy atom. The number of Topliss-reactive ketones (excluding diaryl/α,β-unsaturated/α-hetero) is 1. The van der Waals surface area contributed by atoms with Crippen molar-refractivity contribution < 1.29 is 14.3 Å². The van der Waals surface area contributed by atoms with Gasteiger partial charge in [-0.15, -0.1) is 0 Å². The van der Waals surface area contributed by atoms with Crippen LogP contribution in [0.1, 0.15) is 24.8 Å². The Kier molecular flexibility index (Phi) is 6.47. The molecule has 0 radical (unpaired) electrons. The predicted molar refractivity (Wildman–Crippen MR) is 70.2 cm³/mol. The third-order valence-electron chi connectivity index (χ3n) is 2.54. The molecule has 0 atom stereocenters. The average Bonchev–Trinajstić information content (AvgIpc) is 2.42. The van der Waals surface area contributed by atoms with Crippen molar-refractivity contribution in [3.8, 4) is 0 Å². The molecule has 1 aromatic carbocycles. The van der Waals surface area contributed by atoms with E-state index < -0.39 is 0 Å². The molecule has 0 heterocycles. The summed E-state index contributed by atoms with van der Waals surface area (Å²) in [5.74, 6) is -0.277. The lowest BCUT2D eigenvalue weighted by Gasteiger charge is -1.97. The van der Waals surface area contributed by atoms with Crippen molar-refractivity contribution in [3.05, 3.63) is 48.0 Å². The van der Waals surface area contributed by atoms with E-state index in [1.807, 2.05) is 42.5 Å². The first kappa shape index (κ1) is 14.2. The molecule has 0 N–H and O–H groups in total.